The monoisotopic (exact) mass is 317 g/mol. The minimum Gasteiger partial charge on any atom is -0.382 e. The van der Waals surface area contributed by atoms with Crippen LogP contribution in [-0.4, -0.2) is 62.5 Å². The summed E-state index contributed by atoms with van der Waals surface area (Å²) in [5.74, 6) is -1.63. The lowest BCUT2D eigenvalue weighted by molar-refractivity contribution is -0.198. The predicted molar refractivity (Wildman–Crippen MR) is 74.5 cm³/mol. The molecule has 1 aliphatic rings. The van der Waals surface area contributed by atoms with Gasteiger partial charge in [0, 0.05) is 26.6 Å². The van der Waals surface area contributed by atoms with E-state index < -0.39 is 17.8 Å². The maximum absolute atomic E-state index is 11.5. The number of nitrogens with zero attached hydrogens (tertiary/aromatic N) is 1. The van der Waals surface area contributed by atoms with Crippen molar-refractivity contribution in [3.05, 3.63) is 0 Å². The average Bonchev–Trinajstić information content (AvgIpc) is 2.79. The predicted octanol–water partition coefficient (Wildman–Crippen LogP) is 0.442. The summed E-state index contributed by atoms with van der Waals surface area (Å²) in [5.41, 5.74) is 0. The molecule has 0 aliphatic carbocycles. The molecule has 0 saturated carbocycles. The number of hydrogen-bond acceptors (Lipinski definition) is 7. The first-order valence-electron chi connectivity index (χ1n) is 7.29. The van der Waals surface area contributed by atoms with Crippen molar-refractivity contribution in [3.8, 4) is 0 Å². The molecule has 22 heavy (non-hydrogen) atoms. The van der Waals surface area contributed by atoms with E-state index >= 15 is 0 Å². The first kappa shape index (κ1) is 18.5. The summed E-state index contributed by atoms with van der Waals surface area (Å²) in [6.45, 7) is 3.62. The van der Waals surface area contributed by atoms with Crippen LogP contribution in [0.3, 0.4) is 0 Å². The molecule has 8 heteroatoms. The Kier molecular flexibility index (Phi) is 8.64. The van der Waals surface area contributed by atoms with E-state index in [2.05, 4.69) is 0 Å². The van der Waals surface area contributed by atoms with Gasteiger partial charge in [0.25, 0.3) is 11.8 Å². The molecule has 1 unspecified atom stereocenters. The maximum Gasteiger partial charge on any atom is 0.335 e. The molecule has 1 atom stereocenters. The van der Waals surface area contributed by atoms with Gasteiger partial charge in [0.05, 0.1) is 32.3 Å². The Morgan fingerprint density at radius 1 is 1.14 bits per heavy atom. The number of ether oxygens (including phenoxy) is 3. The highest BCUT2D eigenvalue weighted by atomic mass is 16.7. The lowest BCUT2D eigenvalue weighted by atomic mass is 10.3. The number of carbonyl (C=O) groups is 3. The number of hydrogen-bond donors (Lipinski definition) is 0. The van der Waals surface area contributed by atoms with Gasteiger partial charge in [0.15, 0.2) is 0 Å². The van der Waals surface area contributed by atoms with Gasteiger partial charge in [-0.25, -0.2) is 4.79 Å². The molecule has 1 rings (SSSR count). The zero-order valence-electron chi connectivity index (χ0n) is 13.0. The Morgan fingerprint density at radius 2 is 1.82 bits per heavy atom. The van der Waals surface area contributed by atoms with Crippen LogP contribution in [0, 0.1) is 0 Å². The molecule has 0 aromatic carbocycles. The summed E-state index contributed by atoms with van der Waals surface area (Å²) < 4.78 is 15.6. The molecule has 0 radical (unpaired) electrons. The van der Waals surface area contributed by atoms with Crippen molar-refractivity contribution in [3.63, 3.8) is 0 Å². The highest BCUT2D eigenvalue weighted by molar-refractivity contribution is 6.01. The first-order valence-corrected chi connectivity index (χ1v) is 7.29. The fourth-order valence-electron chi connectivity index (χ4n) is 1.73. The number of carbonyl (C=O) groups excluding carboxylic acids is 3. The van der Waals surface area contributed by atoms with Crippen LogP contribution in [0.4, 0.5) is 0 Å². The summed E-state index contributed by atoms with van der Waals surface area (Å²) in [5, 5.41) is 0.536. The number of imide groups is 1. The maximum atomic E-state index is 11.5. The minimum atomic E-state index is -0.659. The highest BCUT2D eigenvalue weighted by Crippen LogP contribution is 2.12. The van der Waals surface area contributed by atoms with Crippen LogP contribution in [0.2, 0.25) is 0 Å². The fraction of sp³-hybridized carbons (Fsp3) is 0.786. The third-order valence-corrected chi connectivity index (χ3v) is 3.01. The minimum absolute atomic E-state index is 0.0179. The van der Waals surface area contributed by atoms with Crippen LogP contribution >= 0.6 is 0 Å². The van der Waals surface area contributed by atoms with Crippen molar-refractivity contribution in [2.24, 2.45) is 0 Å². The van der Waals surface area contributed by atoms with E-state index in [1.807, 2.05) is 6.92 Å². The molecule has 0 spiro atoms. The van der Waals surface area contributed by atoms with E-state index in [0.717, 1.165) is 0 Å². The Morgan fingerprint density at radius 3 is 2.45 bits per heavy atom. The lowest BCUT2D eigenvalue weighted by Gasteiger charge is -2.14. The van der Waals surface area contributed by atoms with Gasteiger partial charge in [-0.2, -0.15) is 0 Å². The van der Waals surface area contributed by atoms with E-state index in [-0.39, 0.29) is 32.0 Å². The normalized spacial score (nSPS) is 16.2. The molecule has 2 amide bonds. The molecule has 1 saturated heterocycles. The van der Waals surface area contributed by atoms with Crippen LogP contribution in [0.15, 0.2) is 0 Å². The van der Waals surface area contributed by atoms with E-state index in [1.165, 1.54) is 0 Å². The summed E-state index contributed by atoms with van der Waals surface area (Å²) >= 11 is 0. The Balaban J connectivity index is 2.03. The van der Waals surface area contributed by atoms with Crippen LogP contribution in [0.25, 0.3) is 0 Å². The van der Waals surface area contributed by atoms with Crippen molar-refractivity contribution < 1.29 is 33.4 Å². The van der Waals surface area contributed by atoms with Gasteiger partial charge in [-0.15, -0.1) is 5.06 Å². The molecular formula is C14H23NO7. The summed E-state index contributed by atoms with van der Waals surface area (Å²) in [7, 11) is 1.61. The molecule has 1 fully saturated rings. The van der Waals surface area contributed by atoms with Crippen LogP contribution in [0.5, 0.6) is 0 Å². The molecule has 0 aromatic heterocycles. The van der Waals surface area contributed by atoms with Crippen molar-refractivity contribution in [1.29, 1.82) is 0 Å². The summed E-state index contributed by atoms with van der Waals surface area (Å²) in [6, 6.07) is 0. The van der Waals surface area contributed by atoms with Gasteiger partial charge in [-0.1, -0.05) is 0 Å². The second kappa shape index (κ2) is 10.3. The molecule has 0 aromatic rings. The third kappa shape index (κ3) is 6.97. The Hall–Kier alpha value is -1.51. The van der Waals surface area contributed by atoms with E-state index in [1.54, 1.807) is 7.11 Å². The molecule has 1 heterocycles. The molecule has 126 valence electrons. The van der Waals surface area contributed by atoms with Crippen molar-refractivity contribution in [2.75, 3.05) is 33.5 Å². The van der Waals surface area contributed by atoms with E-state index in [4.69, 9.17) is 19.0 Å². The smallest absolute Gasteiger partial charge is 0.335 e. The number of rotatable bonds is 11. The number of methoxy groups -OCH3 is 1. The molecule has 1 aliphatic heterocycles. The lowest BCUT2D eigenvalue weighted by Crippen LogP contribution is -2.32. The van der Waals surface area contributed by atoms with E-state index in [0.29, 0.717) is 31.3 Å². The molecule has 0 bridgehead atoms. The first-order chi connectivity index (χ1) is 10.5. The van der Waals surface area contributed by atoms with Crippen molar-refractivity contribution >= 4 is 17.8 Å². The summed E-state index contributed by atoms with van der Waals surface area (Å²) in [6.07, 6.45) is 0.896. The zero-order valence-corrected chi connectivity index (χ0v) is 13.0. The van der Waals surface area contributed by atoms with Gasteiger partial charge < -0.3 is 19.0 Å². The van der Waals surface area contributed by atoms with Gasteiger partial charge in [0.2, 0.25) is 0 Å². The SMILES string of the molecule is COCCOC(C)CCOCCC(=O)ON1C(=O)CCC1=O. The topological polar surface area (TPSA) is 91.4 Å². The molecule has 0 N–H and O–H groups in total. The van der Waals surface area contributed by atoms with Crippen LogP contribution < -0.4 is 0 Å². The fourth-order valence-corrected chi connectivity index (χ4v) is 1.73. The van der Waals surface area contributed by atoms with Crippen LogP contribution in [-0.2, 0) is 33.4 Å². The molecular weight excluding hydrogens is 294 g/mol. The van der Waals surface area contributed by atoms with Gasteiger partial charge in [-0.05, 0) is 13.3 Å². The Bertz CT molecular complexity index is 369. The quantitative estimate of drug-likeness (QED) is 0.403. The molecule has 8 nitrogen and oxygen atoms in total. The largest absolute Gasteiger partial charge is 0.382 e. The van der Waals surface area contributed by atoms with Gasteiger partial charge >= 0.3 is 5.97 Å². The highest BCUT2D eigenvalue weighted by Gasteiger charge is 2.32. The van der Waals surface area contributed by atoms with Crippen molar-refractivity contribution in [2.45, 2.75) is 38.7 Å². The zero-order chi connectivity index (χ0) is 16.4. The average molecular weight is 317 g/mol. The third-order valence-electron chi connectivity index (χ3n) is 3.01. The standard InChI is InChI=1S/C14H23NO7/c1-11(21-10-9-19-2)5-7-20-8-6-14(18)22-15-12(16)3-4-13(15)17/h11H,3-10H2,1-2H3. The Labute approximate surface area is 129 Å². The second-order valence-electron chi connectivity index (χ2n) is 4.87. The van der Waals surface area contributed by atoms with Crippen LogP contribution in [0.1, 0.15) is 32.6 Å². The number of amides is 2. The van der Waals surface area contributed by atoms with Gasteiger partial charge in [-0.3, -0.25) is 9.59 Å². The summed E-state index contributed by atoms with van der Waals surface area (Å²) in [4.78, 5) is 38.7. The van der Waals surface area contributed by atoms with E-state index in [9.17, 15) is 14.4 Å². The number of hydroxylamine groups is 2. The second-order valence-corrected chi connectivity index (χ2v) is 4.87. The van der Waals surface area contributed by atoms with Crippen molar-refractivity contribution in [1.82, 2.24) is 5.06 Å². The van der Waals surface area contributed by atoms with Gasteiger partial charge in [0.1, 0.15) is 0 Å².